The third-order valence-corrected chi connectivity index (χ3v) is 5.67. The van der Waals surface area contributed by atoms with Gasteiger partial charge in [-0.2, -0.15) is 0 Å². The third-order valence-electron chi connectivity index (χ3n) is 4.43. The molecule has 0 fully saturated rings. The lowest BCUT2D eigenvalue weighted by atomic mass is 10.1. The Balaban J connectivity index is 1.87. The van der Waals surface area contributed by atoms with Gasteiger partial charge < -0.3 is 0 Å². The molecule has 138 valence electrons. The van der Waals surface area contributed by atoms with E-state index >= 15 is 0 Å². The van der Waals surface area contributed by atoms with Crippen molar-refractivity contribution in [2.75, 3.05) is 0 Å². The maximum absolute atomic E-state index is 13.0. The third kappa shape index (κ3) is 3.35. The maximum Gasteiger partial charge on any atom is 0.262 e. The molecule has 0 radical (unpaired) electrons. The van der Waals surface area contributed by atoms with Crippen LogP contribution in [-0.2, 0) is 12.3 Å². The van der Waals surface area contributed by atoms with Crippen molar-refractivity contribution in [2.45, 2.75) is 37.7 Å². The second kappa shape index (κ2) is 7.37. The lowest BCUT2D eigenvalue weighted by Crippen LogP contribution is -2.23. The number of benzene rings is 2. The van der Waals surface area contributed by atoms with Crippen molar-refractivity contribution in [3.05, 3.63) is 69.0 Å². The molecule has 0 spiro atoms. The van der Waals surface area contributed by atoms with E-state index in [9.17, 15) is 4.79 Å². The van der Waals surface area contributed by atoms with Crippen LogP contribution in [0.5, 0.6) is 0 Å². The number of nitrogens with zero attached hydrogens (tertiary/aromatic N) is 4. The predicted molar refractivity (Wildman–Crippen MR) is 111 cm³/mol. The average molecular weight is 399 g/mol. The summed E-state index contributed by atoms with van der Waals surface area (Å²) >= 11 is 7.67. The minimum Gasteiger partial charge on any atom is -0.276 e. The van der Waals surface area contributed by atoms with Crippen LogP contribution in [0.1, 0.15) is 24.5 Å². The Morgan fingerprint density at radius 1 is 1.15 bits per heavy atom. The molecule has 0 aliphatic heterocycles. The number of halogens is 1. The van der Waals surface area contributed by atoms with Gasteiger partial charge in [0, 0.05) is 17.3 Å². The topological polar surface area (TPSA) is 52.2 Å². The molecule has 0 amide bonds. The number of rotatable bonds is 5. The van der Waals surface area contributed by atoms with E-state index in [1.165, 1.54) is 0 Å². The van der Waals surface area contributed by atoms with E-state index in [-0.39, 0.29) is 5.56 Å². The highest BCUT2D eigenvalue weighted by Crippen LogP contribution is 2.26. The standard InChI is InChI=1S/C20H19ClN4OS/c1-3-9-24-18(26)16-10-13(2)7-8-17(16)25-19(24)22-23-20(25)27-12-14-5-4-6-15(21)11-14/h4-8,10-11H,3,9,12H2,1-2H3. The monoisotopic (exact) mass is 398 g/mol. The molecule has 7 heteroatoms. The second-order valence-electron chi connectivity index (χ2n) is 6.51. The van der Waals surface area contributed by atoms with Crippen LogP contribution in [0.2, 0.25) is 5.02 Å². The fraction of sp³-hybridized carbons (Fsp3) is 0.250. The van der Waals surface area contributed by atoms with Crippen molar-refractivity contribution in [1.82, 2.24) is 19.2 Å². The molecule has 2 aromatic carbocycles. The highest BCUT2D eigenvalue weighted by Gasteiger charge is 2.16. The molecule has 0 aliphatic carbocycles. The molecule has 27 heavy (non-hydrogen) atoms. The SMILES string of the molecule is CCCn1c(=O)c2cc(C)ccc2n2c(SCc3cccc(Cl)c3)nnc12. The molecule has 0 atom stereocenters. The number of aryl methyl sites for hydroxylation is 2. The average Bonchev–Trinajstić information content (AvgIpc) is 3.07. The van der Waals surface area contributed by atoms with Gasteiger partial charge in [-0.15, -0.1) is 10.2 Å². The van der Waals surface area contributed by atoms with Gasteiger partial charge in [0.2, 0.25) is 5.78 Å². The molecule has 0 saturated heterocycles. The normalized spacial score (nSPS) is 11.5. The van der Waals surface area contributed by atoms with Gasteiger partial charge in [-0.25, -0.2) is 0 Å². The van der Waals surface area contributed by atoms with Gasteiger partial charge in [0.15, 0.2) is 5.16 Å². The molecule has 0 N–H and O–H groups in total. The van der Waals surface area contributed by atoms with E-state index in [2.05, 4.69) is 17.1 Å². The van der Waals surface area contributed by atoms with Gasteiger partial charge in [-0.3, -0.25) is 13.8 Å². The molecule has 2 aromatic heterocycles. The number of thioether (sulfide) groups is 1. The van der Waals surface area contributed by atoms with E-state index < -0.39 is 0 Å². The minimum absolute atomic E-state index is 0.0122. The van der Waals surface area contributed by atoms with Crippen LogP contribution in [0.3, 0.4) is 0 Å². The fourth-order valence-corrected chi connectivity index (χ4v) is 4.29. The smallest absolute Gasteiger partial charge is 0.262 e. The van der Waals surface area contributed by atoms with Crippen molar-refractivity contribution in [1.29, 1.82) is 0 Å². The van der Waals surface area contributed by atoms with Gasteiger partial charge in [0.05, 0.1) is 10.9 Å². The quantitative estimate of drug-likeness (QED) is 0.457. The first-order valence-corrected chi connectivity index (χ1v) is 10.2. The summed E-state index contributed by atoms with van der Waals surface area (Å²) in [6, 6.07) is 13.7. The molecule has 4 rings (SSSR count). The zero-order chi connectivity index (χ0) is 19.0. The van der Waals surface area contributed by atoms with Crippen LogP contribution < -0.4 is 5.56 Å². The summed E-state index contributed by atoms with van der Waals surface area (Å²) < 4.78 is 3.71. The minimum atomic E-state index is -0.0122. The lowest BCUT2D eigenvalue weighted by Gasteiger charge is -2.11. The van der Waals surface area contributed by atoms with Crippen LogP contribution in [-0.4, -0.2) is 19.2 Å². The van der Waals surface area contributed by atoms with Crippen molar-refractivity contribution in [2.24, 2.45) is 0 Å². The number of hydrogen-bond acceptors (Lipinski definition) is 4. The number of aromatic nitrogens is 4. The van der Waals surface area contributed by atoms with E-state index in [0.717, 1.165) is 39.0 Å². The maximum atomic E-state index is 13.0. The Bertz CT molecular complexity index is 1200. The Kier molecular flexibility index (Phi) is 4.93. The van der Waals surface area contributed by atoms with Crippen LogP contribution >= 0.6 is 23.4 Å². The van der Waals surface area contributed by atoms with Crippen LogP contribution in [0.15, 0.2) is 52.4 Å². The summed E-state index contributed by atoms with van der Waals surface area (Å²) in [6.07, 6.45) is 0.852. The lowest BCUT2D eigenvalue weighted by molar-refractivity contribution is 0.662. The molecule has 0 unspecified atom stereocenters. The molecule has 0 saturated carbocycles. The zero-order valence-electron chi connectivity index (χ0n) is 15.1. The first-order chi connectivity index (χ1) is 13.1. The van der Waals surface area contributed by atoms with Crippen molar-refractivity contribution >= 4 is 40.0 Å². The Labute approximate surface area is 166 Å². The Morgan fingerprint density at radius 2 is 2.00 bits per heavy atom. The van der Waals surface area contributed by atoms with Crippen LogP contribution in [0.25, 0.3) is 16.7 Å². The second-order valence-corrected chi connectivity index (χ2v) is 7.89. The van der Waals surface area contributed by atoms with Crippen molar-refractivity contribution < 1.29 is 0 Å². The largest absolute Gasteiger partial charge is 0.276 e. The molecule has 2 heterocycles. The first-order valence-electron chi connectivity index (χ1n) is 8.84. The summed E-state index contributed by atoms with van der Waals surface area (Å²) in [6.45, 7) is 4.66. The predicted octanol–water partition coefficient (Wildman–Crippen LogP) is 4.71. The highest BCUT2D eigenvalue weighted by molar-refractivity contribution is 7.98. The molecular weight excluding hydrogens is 380 g/mol. The Hall–Kier alpha value is -2.31. The van der Waals surface area contributed by atoms with Crippen LogP contribution in [0.4, 0.5) is 0 Å². The fourth-order valence-electron chi connectivity index (χ4n) is 3.19. The first kappa shape index (κ1) is 18.1. The van der Waals surface area contributed by atoms with Crippen molar-refractivity contribution in [3.63, 3.8) is 0 Å². The van der Waals surface area contributed by atoms with E-state index in [0.29, 0.717) is 17.7 Å². The van der Waals surface area contributed by atoms with Gasteiger partial charge in [0.25, 0.3) is 5.56 Å². The molecule has 0 bridgehead atoms. The molecular formula is C20H19ClN4OS. The van der Waals surface area contributed by atoms with Crippen molar-refractivity contribution in [3.8, 4) is 0 Å². The summed E-state index contributed by atoms with van der Waals surface area (Å²) in [5, 5.41) is 10.9. The van der Waals surface area contributed by atoms with Crippen LogP contribution in [0, 0.1) is 6.92 Å². The Morgan fingerprint density at radius 3 is 2.78 bits per heavy atom. The highest BCUT2D eigenvalue weighted by atomic mass is 35.5. The van der Waals surface area contributed by atoms with Gasteiger partial charge in [-0.1, -0.05) is 54.0 Å². The van der Waals surface area contributed by atoms with Gasteiger partial charge >= 0.3 is 0 Å². The summed E-state index contributed by atoms with van der Waals surface area (Å²) in [5.41, 5.74) is 3.00. The van der Waals surface area contributed by atoms with E-state index in [1.807, 2.05) is 53.8 Å². The number of fused-ring (bicyclic) bond motifs is 3. The van der Waals surface area contributed by atoms with Gasteiger partial charge in [-0.05, 0) is 43.2 Å². The van der Waals surface area contributed by atoms with E-state index in [1.54, 1.807) is 16.3 Å². The summed E-state index contributed by atoms with van der Waals surface area (Å²) in [5.74, 6) is 1.31. The summed E-state index contributed by atoms with van der Waals surface area (Å²) in [4.78, 5) is 13.0. The molecule has 4 aromatic rings. The summed E-state index contributed by atoms with van der Waals surface area (Å²) in [7, 11) is 0. The molecule has 5 nitrogen and oxygen atoms in total. The zero-order valence-corrected chi connectivity index (χ0v) is 16.7. The van der Waals surface area contributed by atoms with Gasteiger partial charge in [0.1, 0.15) is 0 Å². The molecule has 0 aliphatic rings. The number of hydrogen-bond donors (Lipinski definition) is 0. The van der Waals surface area contributed by atoms with E-state index in [4.69, 9.17) is 11.6 Å².